The quantitative estimate of drug-likeness (QED) is 0.845. The molecule has 0 spiro atoms. The van der Waals surface area contributed by atoms with E-state index < -0.39 is 0 Å². The Morgan fingerprint density at radius 3 is 2.61 bits per heavy atom. The topological polar surface area (TPSA) is 62.3 Å². The highest BCUT2D eigenvalue weighted by Crippen LogP contribution is 2.25. The first-order chi connectivity index (χ1) is 8.39. The van der Waals surface area contributed by atoms with Gasteiger partial charge in [-0.3, -0.25) is 4.68 Å². The van der Waals surface area contributed by atoms with Crippen molar-refractivity contribution in [1.82, 2.24) is 9.78 Å². The maximum Gasteiger partial charge on any atom is 0.161 e. The number of methoxy groups -OCH3 is 1. The van der Waals surface area contributed by atoms with E-state index in [2.05, 4.69) is 12.0 Å². The van der Waals surface area contributed by atoms with Gasteiger partial charge in [-0.15, -0.1) is 0 Å². The fourth-order valence-electron chi connectivity index (χ4n) is 1.72. The zero-order valence-electron chi connectivity index (χ0n) is 12.1. The monoisotopic (exact) mass is 255 g/mol. The van der Waals surface area contributed by atoms with Gasteiger partial charge in [-0.25, -0.2) is 0 Å². The van der Waals surface area contributed by atoms with E-state index in [1.165, 1.54) is 0 Å². The van der Waals surface area contributed by atoms with Crippen LogP contribution in [0, 0.1) is 0 Å². The van der Waals surface area contributed by atoms with Gasteiger partial charge in [0.25, 0.3) is 0 Å². The van der Waals surface area contributed by atoms with Crippen LogP contribution in [0.1, 0.15) is 45.9 Å². The third-order valence-corrected chi connectivity index (χ3v) is 2.55. The number of hydrogen-bond acceptors (Lipinski definition) is 4. The van der Waals surface area contributed by atoms with Crippen LogP contribution in [0.3, 0.4) is 0 Å². The SMILES string of the molecule is CCCn1ncc(OC)c1C(N)COC(C)(C)C. The lowest BCUT2D eigenvalue weighted by molar-refractivity contribution is -0.0113. The summed E-state index contributed by atoms with van der Waals surface area (Å²) >= 11 is 0. The molecule has 2 N–H and O–H groups in total. The van der Waals surface area contributed by atoms with Crippen molar-refractivity contribution in [1.29, 1.82) is 0 Å². The minimum absolute atomic E-state index is 0.194. The fourth-order valence-corrected chi connectivity index (χ4v) is 1.72. The number of aryl methyl sites for hydroxylation is 1. The van der Waals surface area contributed by atoms with Crippen LogP contribution < -0.4 is 10.5 Å². The molecule has 0 aliphatic carbocycles. The van der Waals surface area contributed by atoms with E-state index in [9.17, 15) is 0 Å². The fraction of sp³-hybridized carbons (Fsp3) is 0.769. The Morgan fingerprint density at radius 2 is 2.11 bits per heavy atom. The van der Waals surface area contributed by atoms with Crippen LogP contribution >= 0.6 is 0 Å². The molecule has 104 valence electrons. The molecule has 0 radical (unpaired) electrons. The average molecular weight is 255 g/mol. The maximum absolute atomic E-state index is 6.19. The van der Waals surface area contributed by atoms with Gasteiger partial charge in [0.15, 0.2) is 5.75 Å². The number of aromatic nitrogens is 2. The third kappa shape index (κ3) is 3.99. The van der Waals surface area contributed by atoms with Crippen molar-refractivity contribution < 1.29 is 9.47 Å². The Balaban J connectivity index is 2.82. The Labute approximate surface area is 109 Å². The van der Waals surface area contributed by atoms with Crippen molar-refractivity contribution in [2.45, 2.75) is 52.3 Å². The summed E-state index contributed by atoms with van der Waals surface area (Å²) in [5.74, 6) is 0.730. The second-order valence-corrected chi connectivity index (χ2v) is 5.35. The largest absolute Gasteiger partial charge is 0.493 e. The highest BCUT2D eigenvalue weighted by atomic mass is 16.5. The molecular weight excluding hydrogens is 230 g/mol. The van der Waals surface area contributed by atoms with Crippen LogP contribution in [0.2, 0.25) is 0 Å². The van der Waals surface area contributed by atoms with Gasteiger partial charge in [-0.1, -0.05) is 6.92 Å². The Hall–Kier alpha value is -1.07. The molecule has 1 unspecified atom stereocenters. The first kappa shape index (κ1) is 15.0. The predicted molar refractivity (Wildman–Crippen MR) is 71.7 cm³/mol. The van der Waals surface area contributed by atoms with Gasteiger partial charge in [0.1, 0.15) is 0 Å². The van der Waals surface area contributed by atoms with Gasteiger partial charge in [0.2, 0.25) is 0 Å². The summed E-state index contributed by atoms with van der Waals surface area (Å²) < 4.78 is 12.9. The van der Waals surface area contributed by atoms with Crippen LogP contribution in [-0.4, -0.2) is 29.1 Å². The molecule has 5 heteroatoms. The summed E-state index contributed by atoms with van der Waals surface area (Å²) in [7, 11) is 1.63. The van der Waals surface area contributed by atoms with E-state index in [0.29, 0.717) is 6.61 Å². The van der Waals surface area contributed by atoms with Crippen molar-refractivity contribution in [2.24, 2.45) is 5.73 Å². The van der Waals surface area contributed by atoms with Gasteiger partial charge >= 0.3 is 0 Å². The zero-order chi connectivity index (χ0) is 13.8. The standard InChI is InChI=1S/C13H25N3O2/c1-6-7-16-12(11(17-5)8-15-16)10(14)9-18-13(2,3)4/h8,10H,6-7,9,14H2,1-5H3. The van der Waals surface area contributed by atoms with Gasteiger partial charge in [-0.05, 0) is 27.2 Å². The van der Waals surface area contributed by atoms with Crippen LogP contribution in [-0.2, 0) is 11.3 Å². The smallest absolute Gasteiger partial charge is 0.161 e. The number of ether oxygens (including phenoxy) is 2. The maximum atomic E-state index is 6.19. The minimum atomic E-state index is -0.228. The van der Waals surface area contributed by atoms with E-state index in [-0.39, 0.29) is 11.6 Å². The lowest BCUT2D eigenvalue weighted by Crippen LogP contribution is -2.28. The van der Waals surface area contributed by atoms with E-state index in [1.54, 1.807) is 13.3 Å². The molecule has 5 nitrogen and oxygen atoms in total. The van der Waals surface area contributed by atoms with E-state index in [1.807, 2.05) is 25.5 Å². The summed E-state index contributed by atoms with van der Waals surface area (Å²) in [6, 6.07) is -0.228. The Morgan fingerprint density at radius 1 is 1.44 bits per heavy atom. The molecule has 0 aliphatic heterocycles. The van der Waals surface area contributed by atoms with Crippen molar-refractivity contribution in [3.63, 3.8) is 0 Å². The van der Waals surface area contributed by atoms with Gasteiger partial charge in [0.05, 0.1) is 37.3 Å². The molecule has 0 bridgehead atoms. The normalized spacial score (nSPS) is 13.7. The molecule has 0 fully saturated rings. The molecule has 1 heterocycles. The second-order valence-electron chi connectivity index (χ2n) is 5.35. The molecule has 1 aromatic heterocycles. The predicted octanol–water partition coefficient (Wildman–Crippen LogP) is 2.12. The molecule has 0 amide bonds. The van der Waals surface area contributed by atoms with Crippen molar-refractivity contribution in [3.8, 4) is 5.75 Å². The molecule has 1 aromatic rings. The molecule has 0 saturated heterocycles. The van der Waals surface area contributed by atoms with Crippen LogP contribution in [0.25, 0.3) is 0 Å². The summed E-state index contributed by atoms with van der Waals surface area (Å²) in [5, 5.41) is 4.30. The third-order valence-electron chi connectivity index (χ3n) is 2.55. The molecular formula is C13H25N3O2. The van der Waals surface area contributed by atoms with Crippen LogP contribution in [0.5, 0.6) is 5.75 Å². The van der Waals surface area contributed by atoms with Crippen LogP contribution in [0.15, 0.2) is 6.20 Å². The second kappa shape index (κ2) is 6.20. The molecule has 18 heavy (non-hydrogen) atoms. The average Bonchev–Trinajstić information content (AvgIpc) is 2.68. The van der Waals surface area contributed by atoms with Gasteiger partial charge in [0, 0.05) is 6.54 Å². The number of nitrogens with two attached hydrogens (primary N) is 1. The van der Waals surface area contributed by atoms with Crippen molar-refractivity contribution in [3.05, 3.63) is 11.9 Å². The number of hydrogen-bond donors (Lipinski definition) is 1. The first-order valence-electron chi connectivity index (χ1n) is 6.38. The summed E-state index contributed by atoms with van der Waals surface area (Å²) in [4.78, 5) is 0. The molecule has 1 rings (SSSR count). The van der Waals surface area contributed by atoms with Crippen molar-refractivity contribution in [2.75, 3.05) is 13.7 Å². The summed E-state index contributed by atoms with van der Waals surface area (Å²) in [6.45, 7) is 9.44. The van der Waals surface area contributed by atoms with E-state index in [4.69, 9.17) is 15.2 Å². The Bertz CT molecular complexity index is 369. The molecule has 1 atom stereocenters. The van der Waals surface area contributed by atoms with E-state index >= 15 is 0 Å². The Kier molecular flexibility index (Phi) is 5.16. The highest BCUT2D eigenvalue weighted by molar-refractivity contribution is 5.28. The number of nitrogens with zero attached hydrogens (tertiary/aromatic N) is 2. The lowest BCUT2D eigenvalue weighted by atomic mass is 10.1. The van der Waals surface area contributed by atoms with Crippen LogP contribution in [0.4, 0.5) is 0 Å². The molecule has 0 saturated carbocycles. The molecule has 0 aliphatic rings. The van der Waals surface area contributed by atoms with E-state index in [0.717, 1.165) is 24.4 Å². The zero-order valence-corrected chi connectivity index (χ0v) is 12.1. The minimum Gasteiger partial charge on any atom is -0.493 e. The van der Waals surface area contributed by atoms with Gasteiger partial charge in [-0.2, -0.15) is 5.10 Å². The van der Waals surface area contributed by atoms with Gasteiger partial charge < -0.3 is 15.2 Å². The molecule has 0 aromatic carbocycles. The highest BCUT2D eigenvalue weighted by Gasteiger charge is 2.21. The summed E-state index contributed by atoms with van der Waals surface area (Å²) in [6.07, 6.45) is 2.71. The summed E-state index contributed by atoms with van der Waals surface area (Å²) in [5.41, 5.74) is 6.90. The lowest BCUT2D eigenvalue weighted by Gasteiger charge is -2.23. The first-order valence-corrected chi connectivity index (χ1v) is 6.38. The number of rotatable bonds is 6. The van der Waals surface area contributed by atoms with Crippen molar-refractivity contribution >= 4 is 0 Å².